The average Bonchev–Trinajstić information content (AvgIpc) is 2.75. The van der Waals surface area contributed by atoms with Crippen molar-refractivity contribution in [3.63, 3.8) is 0 Å². The maximum absolute atomic E-state index is 15.2. The fourth-order valence-electron chi connectivity index (χ4n) is 6.17. The van der Waals surface area contributed by atoms with Gasteiger partial charge in [-0.2, -0.15) is 0 Å². The second kappa shape index (κ2) is 8.33. The molecule has 0 saturated heterocycles. The van der Waals surface area contributed by atoms with E-state index in [9.17, 15) is 0 Å². The second-order valence-corrected chi connectivity index (χ2v) is 10.6. The quantitative estimate of drug-likeness (QED) is 0.468. The molecule has 0 bridgehead atoms. The number of hydrogen-bond acceptors (Lipinski definition) is 1. The predicted octanol–water partition coefficient (Wildman–Crippen LogP) is 8.13. The van der Waals surface area contributed by atoms with Gasteiger partial charge in [-0.05, 0) is 66.6 Å². The fourth-order valence-corrected chi connectivity index (χ4v) is 6.17. The zero-order valence-corrected chi connectivity index (χ0v) is 18.6. The summed E-state index contributed by atoms with van der Waals surface area (Å²) in [5.74, 6) is -1.01. The molecule has 2 unspecified atom stereocenters. The largest absolute Gasteiger partial charge is 0.490 e. The zero-order valence-electron chi connectivity index (χ0n) is 18.6. The molecule has 0 aromatic heterocycles. The van der Waals surface area contributed by atoms with E-state index in [1.54, 1.807) is 6.07 Å². The smallest absolute Gasteiger partial charge is 0.169 e. The number of rotatable bonds is 4. The Hall–Kier alpha value is -1.71. The van der Waals surface area contributed by atoms with Crippen molar-refractivity contribution in [2.45, 2.75) is 77.0 Å². The van der Waals surface area contributed by atoms with Crippen LogP contribution in [-0.4, -0.2) is 6.61 Å². The molecule has 4 aliphatic carbocycles. The second-order valence-electron chi connectivity index (χ2n) is 10.6. The minimum absolute atomic E-state index is 0.0811. The van der Waals surface area contributed by atoms with Crippen molar-refractivity contribution in [1.29, 1.82) is 0 Å². The third-order valence-corrected chi connectivity index (χ3v) is 8.37. The SMILES string of the molecule is CC1CCC(COc2ccc3c(c2F)C2C(F)=C(F)C(C4CCC(C)CC4)=CC32)CC1. The van der Waals surface area contributed by atoms with Gasteiger partial charge < -0.3 is 4.74 Å². The molecule has 2 fully saturated rings. The maximum atomic E-state index is 15.2. The minimum atomic E-state index is -0.833. The van der Waals surface area contributed by atoms with Crippen LogP contribution in [0.1, 0.15) is 88.2 Å². The van der Waals surface area contributed by atoms with Crippen LogP contribution in [0.15, 0.2) is 35.4 Å². The Labute approximate surface area is 183 Å². The van der Waals surface area contributed by atoms with Crippen LogP contribution in [0.3, 0.4) is 0 Å². The molecule has 1 aromatic rings. The molecule has 0 amide bonds. The summed E-state index contributed by atoms with van der Waals surface area (Å²) in [6, 6.07) is 3.53. The van der Waals surface area contributed by atoms with Gasteiger partial charge in [-0.25, -0.2) is 13.2 Å². The Morgan fingerprint density at radius 2 is 1.52 bits per heavy atom. The lowest BCUT2D eigenvalue weighted by molar-refractivity contribution is 0.182. The Balaban J connectivity index is 1.34. The lowest BCUT2D eigenvalue weighted by Crippen LogP contribution is -2.30. The summed E-state index contributed by atoms with van der Waals surface area (Å²) in [4.78, 5) is 0. The molecule has 2 atom stereocenters. The molecule has 1 aromatic carbocycles. The van der Waals surface area contributed by atoms with Gasteiger partial charge >= 0.3 is 0 Å². The van der Waals surface area contributed by atoms with Crippen molar-refractivity contribution in [1.82, 2.24) is 0 Å². The van der Waals surface area contributed by atoms with Crippen molar-refractivity contribution in [2.24, 2.45) is 23.7 Å². The summed E-state index contributed by atoms with van der Waals surface area (Å²) in [5.41, 5.74) is 1.59. The van der Waals surface area contributed by atoms with Gasteiger partial charge in [0.15, 0.2) is 17.4 Å². The molecular weight excluding hydrogens is 397 g/mol. The van der Waals surface area contributed by atoms with E-state index in [4.69, 9.17) is 4.74 Å². The molecule has 0 heterocycles. The standard InChI is InChI=1S/C27H33F3O/c1-15-3-7-17(8-4-15)14-31-22-12-11-19-21-13-20(18-9-5-16(2)6-10-18)25(28)27(30)24(21)23(19)26(22)29/h11-13,15-18,21,24H,3-10,14H2,1-2H3. The van der Waals surface area contributed by atoms with Crippen molar-refractivity contribution in [3.05, 3.63) is 52.4 Å². The molecule has 0 N–H and O–H groups in total. The van der Waals surface area contributed by atoms with Crippen LogP contribution < -0.4 is 4.74 Å². The summed E-state index contributed by atoms with van der Waals surface area (Å²) in [6.45, 7) is 4.98. The first kappa shape index (κ1) is 21.2. The first-order valence-electron chi connectivity index (χ1n) is 12.2. The van der Waals surface area contributed by atoms with E-state index >= 15 is 13.2 Å². The van der Waals surface area contributed by atoms with Crippen LogP contribution in [-0.2, 0) is 0 Å². The number of allylic oxidation sites excluding steroid dienone is 4. The molecule has 0 aliphatic heterocycles. The lowest BCUT2D eigenvalue weighted by atomic mass is 9.62. The first-order chi connectivity index (χ1) is 14.9. The van der Waals surface area contributed by atoms with E-state index in [-0.39, 0.29) is 17.6 Å². The van der Waals surface area contributed by atoms with Gasteiger partial charge in [0.05, 0.1) is 12.5 Å². The Kier molecular flexibility index (Phi) is 5.68. The molecule has 5 rings (SSSR count). The van der Waals surface area contributed by atoms with Crippen LogP contribution in [0.25, 0.3) is 0 Å². The lowest BCUT2D eigenvalue weighted by Gasteiger charge is -2.42. The van der Waals surface area contributed by atoms with Gasteiger partial charge in [0.1, 0.15) is 5.83 Å². The zero-order chi connectivity index (χ0) is 21.7. The Morgan fingerprint density at radius 1 is 0.871 bits per heavy atom. The van der Waals surface area contributed by atoms with Gasteiger partial charge in [0, 0.05) is 11.5 Å². The summed E-state index contributed by atoms with van der Waals surface area (Å²) in [5, 5.41) is 0. The summed E-state index contributed by atoms with van der Waals surface area (Å²) < 4.78 is 51.2. The van der Waals surface area contributed by atoms with E-state index in [1.807, 2.05) is 12.1 Å². The number of ether oxygens (including phenoxy) is 1. The molecular formula is C27H33F3O. The van der Waals surface area contributed by atoms with Gasteiger partial charge in [-0.1, -0.05) is 51.7 Å². The summed E-state index contributed by atoms with van der Waals surface area (Å²) >= 11 is 0. The molecule has 0 spiro atoms. The highest BCUT2D eigenvalue weighted by Crippen LogP contribution is 2.59. The third kappa shape index (κ3) is 3.74. The predicted molar refractivity (Wildman–Crippen MR) is 117 cm³/mol. The minimum Gasteiger partial charge on any atom is -0.490 e. The maximum Gasteiger partial charge on any atom is 0.169 e. The number of benzene rings is 1. The topological polar surface area (TPSA) is 9.23 Å². The highest BCUT2D eigenvalue weighted by atomic mass is 19.2. The number of fused-ring (bicyclic) bond motifs is 4. The molecule has 4 aliphatic rings. The van der Waals surface area contributed by atoms with Gasteiger partial charge in [0.2, 0.25) is 0 Å². The van der Waals surface area contributed by atoms with E-state index in [0.29, 0.717) is 29.6 Å². The van der Waals surface area contributed by atoms with Crippen molar-refractivity contribution < 1.29 is 17.9 Å². The number of halogens is 3. The summed E-state index contributed by atoms with van der Waals surface area (Å²) in [6.07, 6.45) is 10.4. The molecule has 2 saturated carbocycles. The third-order valence-electron chi connectivity index (χ3n) is 8.37. The highest BCUT2D eigenvalue weighted by molar-refractivity contribution is 5.60. The van der Waals surface area contributed by atoms with E-state index < -0.39 is 23.4 Å². The van der Waals surface area contributed by atoms with Crippen molar-refractivity contribution in [2.75, 3.05) is 6.61 Å². The van der Waals surface area contributed by atoms with Gasteiger partial charge in [-0.3, -0.25) is 0 Å². The fraction of sp³-hybridized carbons (Fsp3) is 0.630. The first-order valence-corrected chi connectivity index (χ1v) is 12.2. The van der Waals surface area contributed by atoms with E-state index in [1.165, 1.54) is 12.8 Å². The van der Waals surface area contributed by atoms with Crippen LogP contribution in [0.2, 0.25) is 0 Å². The van der Waals surface area contributed by atoms with Crippen LogP contribution >= 0.6 is 0 Å². The molecule has 31 heavy (non-hydrogen) atoms. The molecule has 4 heteroatoms. The van der Waals surface area contributed by atoms with E-state index in [0.717, 1.165) is 50.0 Å². The normalized spacial score (nSPS) is 35.1. The van der Waals surface area contributed by atoms with Crippen molar-refractivity contribution >= 4 is 0 Å². The van der Waals surface area contributed by atoms with Crippen LogP contribution in [0.4, 0.5) is 13.2 Å². The molecule has 1 nitrogen and oxygen atoms in total. The van der Waals surface area contributed by atoms with Gasteiger partial charge in [-0.15, -0.1) is 0 Å². The van der Waals surface area contributed by atoms with Crippen LogP contribution in [0, 0.1) is 29.5 Å². The van der Waals surface area contributed by atoms with Gasteiger partial charge in [0.25, 0.3) is 0 Å². The van der Waals surface area contributed by atoms with Crippen LogP contribution in [0.5, 0.6) is 5.75 Å². The molecule has 168 valence electrons. The average molecular weight is 431 g/mol. The number of hydrogen-bond donors (Lipinski definition) is 0. The molecule has 0 radical (unpaired) electrons. The monoisotopic (exact) mass is 430 g/mol. The summed E-state index contributed by atoms with van der Waals surface area (Å²) in [7, 11) is 0. The highest BCUT2D eigenvalue weighted by Gasteiger charge is 2.47. The van der Waals surface area contributed by atoms with Crippen molar-refractivity contribution in [3.8, 4) is 5.75 Å². The van der Waals surface area contributed by atoms with E-state index in [2.05, 4.69) is 13.8 Å². The Bertz CT molecular complexity index is 901. The Morgan fingerprint density at radius 3 is 2.19 bits per heavy atom.